The summed E-state index contributed by atoms with van der Waals surface area (Å²) in [6, 6.07) is 12.2. The summed E-state index contributed by atoms with van der Waals surface area (Å²) in [6.45, 7) is 4.18. The van der Waals surface area contributed by atoms with Crippen LogP contribution >= 0.6 is 11.8 Å². The van der Waals surface area contributed by atoms with Gasteiger partial charge in [0.2, 0.25) is 5.91 Å². The fraction of sp³-hybridized carbons (Fsp3) is 0.318. The van der Waals surface area contributed by atoms with Gasteiger partial charge in [-0.3, -0.25) is 14.4 Å². The number of ether oxygens (including phenoxy) is 2. The van der Waals surface area contributed by atoms with Gasteiger partial charge >= 0.3 is 0 Å². The van der Waals surface area contributed by atoms with Crippen LogP contribution in [0.1, 0.15) is 24.2 Å². The first kappa shape index (κ1) is 21.7. The van der Waals surface area contributed by atoms with Gasteiger partial charge in [0.15, 0.2) is 11.9 Å². The zero-order valence-electron chi connectivity index (χ0n) is 17.1. The predicted molar refractivity (Wildman–Crippen MR) is 118 cm³/mol. The monoisotopic (exact) mass is 428 g/mol. The second-order valence-electron chi connectivity index (χ2n) is 6.76. The average Bonchev–Trinajstić information content (AvgIpc) is 2.73. The summed E-state index contributed by atoms with van der Waals surface area (Å²) in [4.78, 5) is 38.2. The maximum Gasteiger partial charge on any atom is 0.267 e. The Labute approximate surface area is 179 Å². The smallest absolute Gasteiger partial charge is 0.267 e. The summed E-state index contributed by atoms with van der Waals surface area (Å²) in [5.74, 6) is 1.17. The first-order chi connectivity index (χ1) is 14.4. The lowest BCUT2D eigenvalue weighted by Gasteiger charge is -2.30. The van der Waals surface area contributed by atoms with Crippen molar-refractivity contribution in [3.63, 3.8) is 0 Å². The van der Waals surface area contributed by atoms with Gasteiger partial charge in [-0.2, -0.15) is 0 Å². The molecule has 30 heavy (non-hydrogen) atoms. The minimum Gasteiger partial charge on any atom is -0.494 e. The Balaban J connectivity index is 1.51. The van der Waals surface area contributed by atoms with Gasteiger partial charge in [0.1, 0.15) is 11.5 Å². The molecule has 0 aromatic heterocycles. The topological polar surface area (TPSA) is 84.9 Å². The molecule has 2 aromatic carbocycles. The van der Waals surface area contributed by atoms with Crippen molar-refractivity contribution >= 4 is 40.7 Å². The van der Waals surface area contributed by atoms with Crippen LogP contribution in [0.5, 0.6) is 11.5 Å². The summed E-state index contributed by atoms with van der Waals surface area (Å²) < 4.78 is 10.9. The van der Waals surface area contributed by atoms with Crippen molar-refractivity contribution in [1.29, 1.82) is 0 Å². The Bertz CT molecular complexity index is 945. The number of benzene rings is 2. The molecule has 1 N–H and O–H groups in total. The summed E-state index contributed by atoms with van der Waals surface area (Å²) in [5, 5.41) is 2.79. The Hall–Kier alpha value is -3.00. The van der Waals surface area contributed by atoms with Crippen LogP contribution in [0.4, 0.5) is 11.4 Å². The molecule has 1 aliphatic rings. The number of nitrogens with zero attached hydrogens (tertiary/aromatic N) is 1. The molecule has 1 unspecified atom stereocenters. The molecular formula is C22H24N2O5S. The van der Waals surface area contributed by atoms with Gasteiger partial charge in [-0.05, 0) is 56.3 Å². The maximum absolute atomic E-state index is 12.5. The van der Waals surface area contributed by atoms with E-state index >= 15 is 0 Å². The van der Waals surface area contributed by atoms with E-state index in [1.54, 1.807) is 56.4 Å². The van der Waals surface area contributed by atoms with Crippen LogP contribution in [0.25, 0.3) is 0 Å². The predicted octanol–water partition coefficient (Wildman–Crippen LogP) is 3.38. The lowest BCUT2D eigenvalue weighted by atomic mass is 10.1. The molecule has 7 nitrogen and oxygen atoms in total. The molecule has 0 aliphatic carbocycles. The lowest BCUT2D eigenvalue weighted by molar-refractivity contribution is -0.125. The van der Waals surface area contributed by atoms with E-state index in [4.69, 9.17) is 9.47 Å². The molecule has 8 heteroatoms. The normalized spacial score (nSPS) is 15.2. The van der Waals surface area contributed by atoms with Crippen molar-refractivity contribution in [3.8, 4) is 11.5 Å². The molecule has 1 heterocycles. The number of amides is 2. The lowest BCUT2D eigenvalue weighted by Crippen LogP contribution is -2.42. The molecular weight excluding hydrogens is 404 g/mol. The first-order valence-corrected chi connectivity index (χ1v) is 10.8. The SMILES string of the molecule is CCOc1ccc(NC(=O)CSCC(=O)c2ccc3c(c2)N(C)C(=O)C(C)O3)cc1. The van der Waals surface area contributed by atoms with E-state index in [9.17, 15) is 14.4 Å². The fourth-order valence-corrected chi connectivity index (χ4v) is 3.71. The largest absolute Gasteiger partial charge is 0.494 e. The zero-order chi connectivity index (χ0) is 21.7. The number of fused-ring (bicyclic) bond motifs is 1. The number of nitrogens with one attached hydrogen (secondary N) is 1. The van der Waals surface area contributed by atoms with Crippen LogP contribution in [-0.2, 0) is 9.59 Å². The number of ketones is 1. The summed E-state index contributed by atoms with van der Waals surface area (Å²) >= 11 is 1.24. The third kappa shape index (κ3) is 5.13. The summed E-state index contributed by atoms with van der Waals surface area (Å²) in [7, 11) is 1.66. The fourth-order valence-electron chi connectivity index (χ4n) is 3.00. The molecule has 0 saturated heterocycles. The molecule has 0 radical (unpaired) electrons. The van der Waals surface area contributed by atoms with E-state index in [1.165, 1.54) is 16.7 Å². The van der Waals surface area contributed by atoms with E-state index in [0.29, 0.717) is 29.3 Å². The van der Waals surface area contributed by atoms with Crippen molar-refractivity contribution in [2.75, 3.05) is 35.4 Å². The highest BCUT2D eigenvalue weighted by Crippen LogP contribution is 2.34. The number of anilines is 2. The molecule has 0 bridgehead atoms. The summed E-state index contributed by atoms with van der Waals surface area (Å²) in [5.41, 5.74) is 1.72. The van der Waals surface area contributed by atoms with Gasteiger partial charge in [-0.25, -0.2) is 0 Å². The number of thioether (sulfide) groups is 1. The van der Waals surface area contributed by atoms with E-state index < -0.39 is 6.10 Å². The third-order valence-electron chi connectivity index (χ3n) is 4.54. The number of hydrogen-bond acceptors (Lipinski definition) is 6. The third-order valence-corrected chi connectivity index (χ3v) is 5.47. The molecule has 158 valence electrons. The zero-order valence-corrected chi connectivity index (χ0v) is 18.0. The van der Waals surface area contributed by atoms with Gasteiger partial charge in [0.25, 0.3) is 5.91 Å². The standard InChI is InChI=1S/C22H24N2O5S/c1-4-28-17-8-6-16(7-9-17)23-21(26)13-30-12-19(25)15-5-10-20-18(11-15)24(3)22(27)14(2)29-20/h5-11,14H,4,12-13H2,1-3H3,(H,23,26). The molecule has 2 amide bonds. The Morgan fingerprint density at radius 2 is 1.90 bits per heavy atom. The van der Waals surface area contributed by atoms with Gasteiger partial charge in [-0.15, -0.1) is 11.8 Å². The van der Waals surface area contributed by atoms with Crippen LogP contribution in [0.3, 0.4) is 0 Å². The van der Waals surface area contributed by atoms with E-state index in [1.807, 2.05) is 6.92 Å². The molecule has 0 fully saturated rings. The molecule has 0 saturated carbocycles. The second kappa shape index (κ2) is 9.67. The van der Waals surface area contributed by atoms with Crippen LogP contribution in [-0.4, -0.2) is 48.9 Å². The number of rotatable bonds is 8. The molecule has 1 aliphatic heterocycles. The highest BCUT2D eigenvalue weighted by Gasteiger charge is 2.29. The van der Waals surface area contributed by atoms with Crippen molar-refractivity contribution in [3.05, 3.63) is 48.0 Å². The summed E-state index contributed by atoms with van der Waals surface area (Å²) in [6.07, 6.45) is -0.548. The number of likely N-dealkylation sites (N-methyl/N-ethyl adjacent to an activating group) is 1. The number of carbonyl (C=O) groups excluding carboxylic acids is 3. The number of carbonyl (C=O) groups is 3. The van der Waals surface area contributed by atoms with Gasteiger partial charge in [-0.1, -0.05) is 0 Å². The Kier molecular flexibility index (Phi) is 6.99. The van der Waals surface area contributed by atoms with Crippen molar-refractivity contribution in [2.24, 2.45) is 0 Å². The van der Waals surface area contributed by atoms with E-state index in [-0.39, 0.29) is 29.1 Å². The van der Waals surface area contributed by atoms with E-state index in [2.05, 4.69) is 5.32 Å². The van der Waals surface area contributed by atoms with Crippen molar-refractivity contribution < 1.29 is 23.9 Å². The van der Waals surface area contributed by atoms with Crippen LogP contribution < -0.4 is 19.7 Å². The van der Waals surface area contributed by atoms with Crippen molar-refractivity contribution in [2.45, 2.75) is 20.0 Å². The number of hydrogen-bond donors (Lipinski definition) is 1. The molecule has 1 atom stereocenters. The minimum absolute atomic E-state index is 0.115. The average molecular weight is 429 g/mol. The minimum atomic E-state index is -0.548. The molecule has 3 rings (SSSR count). The quantitative estimate of drug-likeness (QED) is 0.649. The highest BCUT2D eigenvalue weighted by atomic mass is 32.2. The molecule has 0 spiro atoms. The Morgan fingerprint density at radius 1 is 1.17 bits per heavy atom. The van der Waals surface area contributed by atoms with Gasteiger partial charge in [0.05, 0.1) is 23.8 Å². The second-order valence-corrected chi connectivity index (χ2v) is 7.75. The maximum atomic E-state index is 12.5. The Morgan fingerprint density at radius 3 is 2.60 bits per heavy atom. The van der Waals surface area contributed by atoms with Crippen LogP contribution in [0.15, 0.2) is 42.5 Å². The van der Waals surface area contributed by atoms with E-state index in [0.717, 1.165) is 5.75 Å². The number of Topliss-reactive ketones (excluding diaryl/α,β-unsaturated/α-hetero) is 1. The van der Waals surface area contributed by atoms with Gasteiger partial charge in [0, 0.05) is 18.3 Å². The van der Waals surface area contributed by atoms with Crippen LogP contribution in [0, 0.1) is 0 Å². The van der Waals surface area contributed by atoms with Crippen LogP contribution in [0.2, 0.25) is 0 Å². The van der Waals surface area contributed by atoms with Gasteiger partial charge < -0.3 is 19.7 Å². The first-order valence-electron chi connectivity index (χ1n) is 9.61. The molecule has 2 aromatic rings. The highest BCUT2D eigenvalue weighted by molar-refractivity contribution is 8.00. The van der Waals surface area contributed by atoms with Crippen molar-refractivity contribution in [1.82, 2.24) is 0 Å².